The summed E-state index contributed by atoms with van der Waals surface area (Å²) in [4.78, 5) is 4.13. The lowest BCUT2D eigenvalue weighted by Crippen LogP contribution is -3.00. The summed E-state index contributed by atoms with van der Waals surface area (Å²) in [5, 5.41) is 0.596. The number of nitrogen functional groups attached to an aromatic ring is 1. The molecule has 0 fully saturated rings. The summed E-state index contributed by atoms with van der Waals surface area (Å²) in [6, 6.07) is 5.71. The highest BCUT2D eigenvalue weighted by molar-refractivity contribution is 7.22. The Hall–Kier alpha value is -1.00. The Morgan fingerprint density at radius 1 is 1.46 bits per heavy atom. The van der Waals surface area contributed by atoms with Gasteiger partial charge in [0.15, 0.2) is 5.13 Å². The van der Waals surface area contributed by atoms with E-state index in [1.54, 1.807) is 7.11 Å². The van der Waals surface area contributed by atoms with Crippen molar-refractivity contribution >= 4 is 26.7 Å². The number of aromatic nitrogens is 1. The maximum absolute atomic E-state index is 5.55. The molecule has 1 aromatic heterocycles. The van der Waals surface area contributed by atoms with Gasteiger partial charge >= 0.3 is 0 Å². The fourth-order valence-electron chi connectivity index (χ4n) is 1.05. The van der Waals surface area contributed by atoms with Gasteiger partial charge in [0.05, 0.1) is 17.3 Å². The second-order valence-electron chi connectivity index (χ2n) is 2.39. The Balaban J connectivity index is 0.000000845. The smallest absolute Gasteiger partial charge is 0.181 e. The minimum Gasteiger partial charge on any atom is -1.00 e. The molecule has 70 valence electrons. The molecule has 5 heteroatoms. The predicted molar refractivity (Wildman–Crippen MR) is 50.6 cm³/mol. The highest BCUT2D eigenvalue weighted by atomic mass is 35.5. The van der Waals surface area contributed by atoms with Crippen molar-refractivity contribution in [1.29, 1.82) is 0 Å². The number of hydrogen-bond donors (Lipinski definition) is 1. The molecule has 0 radical (unpaired) electrons. The van der Waals surface area contributed by atoms with E-state index >= 15 is 0 Å². The largest absolute Gasteiger partial charge is 1.00 e. The van der Waals surface area contributed by atoms with Crippen LogP contribution in [0.3, 0.4) is 0 Å². The van der Waals surface area contributed by atoms with E-state index in [9.17, 15) is 0 Å². The van der Waals surface area contributed by atoms with Crippen LogP contribution in [0.15, 0.2) is 18.2 Å². The second-order valence-corrected chi connectivity index (χ2v) is 3.45. The zero-order valence-corrected chi connectivity index (χ0v) is 8.52. The molecule has 0 atom stereocenters. The van der Waals surface area contributed by atoms with Gasteiger partial charge in [0.25, 0.3) is 0 Å². The molecule has 0 saturated heterocycles. The highest BCUT2D eigenvalue weighted by Crippen LogP contribution is 2.26. The van der Waals surface area contributed by atoms with Crippen LogP contribution >= 0.6 is 11.3 Å². The molecule has 0 saturated carbocycles. The van der Waals surface area contributed by atoms with Gasteiger partial charge in [-0.25, -0.2) is 4.98 Å². The Morgan fingerprint density at radius 3 is 2.92 bits per heavy atom. The van der Waals surface area contributed by atoms with Crippen LogP contribution in [-0.2, 0) is 0 Å². The van der Waals surface area contributed by atoms with Crippen molar-refractivity contribution in [2.45, 2.75) is 0 Å². The lowest BCUT2D eigenvalue weighted by atomic mass is 10.3. The minimum atomic E-state index is 0. The zero-order chi connectivity index (χ0) is 8.55. The zero-order valence-electron chi connectivity index (χ0n) is 6.95. The van der Waals surface area contributed by atoms with Crippen molar-refractivity contribution in [3.63, 3.8) is 0 Å². The molecule has 3 nitrogen and oxygen atoms in total. The van der Waals surface area contributed by atoms with Gasteiger partial charge in [-0.1, -0.05) is 11.3 Å². The van der Waals surface area contributed by atoms with E-state index in [2.05, 4.69) is 4.98 Å². The van der Waals surface area contributed by atoms with Gasteiger partial charge < -0.3 is 22.9 Å². The third-order valence-corrected chi connectivity index (χ3v) is 2.46. The van der Waals surface area contributed by atoms with Crippen LogP contribution < -0.4 is 22.9 Å². The molecule has 0 aliphatic carbocycles. The topological polar surface area (TPSA) is 48.1 Å². The Bertz CT molecular complexity index is 415. The molecule has 13 heavy (non-hydrogen) atoms. The molecule has 2 aromatic rings. The summed E-state index contributed by atoms with van der Waals surface area (Å²) < 4.78 is 6.13. The van der Waals surface area contributed by atoms with Gasteiger partial charge in [0.1, 0.15) is 5.75 Å². The summed E-state index contributed by atoms with van der Waals surface area (Å²) in [6.45, 7) is 0. The highest BCUT2D eigenvalue weighted by Gasteiger charge is 2.00. The number of hydrogen-bond acceptors (Lipinski definition) is 4. The lowest BCUT2D eigenvalue weighted by molar-refractivity contribution is -0.00000274. The SMILES string of the molecule is COc1ccc2nc(N)sc2c1.[Cl-]. The fraction of sp³-hybridized carbons (Fsp3) is 0.125. The van der Waals surface area contributed by atoms with Crippen LogP contribution in [-0.4, -0.2) is 12.1 Å². The molecular weight excluding hydrogens is 208 g/mol. The van der Waals surface area contributed by atoms with E-state index in [4.69, 9.17) is 10.5 Å². The first-order chi connectivity index (χ1) is 5.79. The van der Waals surface area contributed by atoms with E-state index in [1.807, 2.05) is 18.2 Å². The number of thiazole rings is 1. The first-order valence-corrected chi connectivity index (χ1v) is 4.31. The molecule has 0 aliphatic rings. The van der Waals surface area contributed by atoms with Gasteiger partial charge in [-0.15, -0.1) is 0 Å². The molecule has 0 unspecified atom stereocenters. The van der Waals surface area contributed by atoms with Crippen LogP contribution in [0.2, 0.25) is 0 Å². The molecule has 0 aliphatic heterocycles. The van der Waals surface area contributed by atoms with Gasteiger partial charge in [-0.05, 0) is 18.2 Å². The average Bonchev–Trinajstić information content (AvgIpc) is 2.43. The van der Waals surface area contributed by atoms with Gasteiger partial charge in [-0.3, -0.25) is 0 Å². The number of nitrogens with two attached hydrogens (primary N) is 1. The quantitative estimate of drug-likeness (QED) is 0.657. The summed E-state index contributed by atoms with van der Waals surface area (Å²) >= 11 is 1.47. The lowest BCUT2D eigenvalue weighted by Gasteiger charge is -1.96. The second kappa shape index (κ2) is 3.81. The van der Waals surface area contributed by atoms with Gasteiger partial charge in [0, 0.05) is 0 Å². The van der Waals surface area contributed by atoms with Crippen LogP contribution in [0, 0.1) is 0 Å². The molecule has 2 N–H and O–H groups in total. The fourth-order valence-corrected chi connectivity index (χ4v) is 1.81. The van der Waals surface area contributed by atoms with Crippen molar-refractivity contribution < 1.29 is 17.1 Å². The standard InChI is InChI=1S/C8H8N2OS.ClH/c1-11-5-2-3-6-7(4-5)12-8(9)10-6;/h2-4H,1H3,(H2,9,10);1H/p-1. The van der Waals surface area contributed by atoms with E-state index in [-0.39, 0.29) is 12.4 Å². The number of methoxy groups -OCH3 is 1. The van der Waals surface area contributed by atoms with E-state index in [0.717, 1.165) is 16.0 Å². The first-order valence-electron chi connectivity index (χ1n) is 3.49. The Morgan fingerprint density at radius 2 is 2.23 bits per heavy atom. The number of halogens is 1. The summed E-state index contributed by atoms with van der Waals surface area (Å²) in [7, 11) is 1.64. The maximum Gasteiger partial charge on any atom is 0.181 e. The number of benzene rings is 1. The van der Waals surface area contributed by atoms with Crippen molar-refractivity contribution in [3.05, 3.63) is 18.2 Å². The van der Waals surface area contributed by atoms with Crippen molar-refractivity contribution in [3.8, 4) is 5.75 Å². The monoisotopic (exact) mass is 215 g/mol. The Labute approximate surface area is 85.9 Å². The van der Waals surface area contributed by atoms with Crippen LogP contribution in [0.25, 0.3) is 10.2 Å². The molecule has 2 rings (SSSR count). The normalized spacial score (nSPS) is 9.62. The number of fused-ring (bicyclic) bond motifs is 1. The Kier molecular flexibility index (Phi) is 2.95. The minimum absolute atomic E-state index is 0. The average molecular weight is 216 g/mol. The van der Waals surface area contributed by atoms with Gasteiger partial charge in [0.2, 0.25) is 0 Å². The van der Waals surface area contributed by atoms with Crippen molar-refractivity contribution in [2.24, 2.45) is 0 Å². The molecular formula is C8H8ClN2OS-. The molecule has 1 aromatic carbocycles. The molecule has 1 heterocycles. The number of anilines is 1. The van der Waals surface area contributed by atoms with Crippen LogP contribution in [0.4, 0.5) is 5.13 Å². The predicted octanol–water partition coefficient (Wildman–Crippen LogP) is -1.11. The van der Waals surface area contributed by atoms with Crippen LogP contribution in [0.1, 0.15) is 0 Å². The van der Waals surface area contributed by atoms with Crippen LogP contribution in [0.5, 0.6) is 5.75 Å². The third kappa shape index (κ3) is 1.84. The van der Waals surface area contributed by atoms with E-state index in [0.29, 0.717) is 5.13 Å². The van der Waals surface area contributed by atoms with Crippen molar-refractivity contribution in [2.75, 3.05) is 12.8 Å². The van der Waals surface area contributed by atoms with E-state index in [1.165, 1.54) is 11.3 Å². The first kappa shape index (κ1) is 10.1. The maximum atomic E-state index is 5.55. The number of ether oxygens (including phenoxy) is 1. The number of nitrogens with zero attached hydrogens (tertiary/aromatic N) is 1. The number of rotatable bonds is 1. The molecule has 0 amide bonds. The summed E-state index contributed by atoms with van der Waals surface area (Å²) in [5.41, 5.74) is 6.48. The summed E-state index contributed by atoms with van der Waals surface area (Å²) in [6.07, 6.45) is 0. The van der Waals surface area contributed by atoms with E-state index < -0.39 is 0 Å². The van der Waals surface area contributed by atoms with Crippen molar-refractivity contribution in [1.82, 2.24) is 4.98 Å². The summed E-state index contributed by atoms with van der Waals surface area (Å²) in [5.74, 6) is 0.839. The molecule has 0 spiro atoms. The third-order valence-electron chi connectivity index (χ3n) is 1.61. The van der Waals surface area contributed by atoms with Gasteiger partial charge in [-0.2, -0.15) is 0 Å². The molecule has 0 bridgehead atoms.